The molecule has 0 aliphatic rings. The Morgan fingerprint density at radius 3 is 2.78 bits per heavy atom. The van der Waals surface area contributed by atoms with Crippen molar-refractivity contribution in [2.24, 2.45) is 0 Å². The summed E-state index contributed by atoms with van der Waals surface area (Å²) in [5, 5.41) is 2.64. The van der Waals surface area contributed by atoms with Crippen LogP contribution in [0.2, 0.25) is 0 Å². The van der Waals surface area contributed by atoms with E-state index in [1.54, 1.807) is 0 Å². The van der Waals surface area contributed by atoms with Gasteiger partial charge in [0.2, 0.25) is 5.91 Å². The van der Waals surface area contributed by atoms with Crippen LogP contribution in [0.3, 0.4) is 0 Å². The molecule has 0 heterocycles. The minimum absolute atomic E-state index is 0.108. The summed E-state index contributed by atoms with van der Waals surface area (Å²) in [4.78, 5) is 10.4. The number of carbonyl (C=O) groups excluding carboxylic acids is 1. The lowest BCUT2D eigenvalue weighted by molar-refractivity contribution is -0.116. The van der Waals surface area contributed by atoms with Crippen molar-refractivity contribution < 1.29 is 4.79 Å². The minimum atomic E-state index is -0.108. The van der Waals surface area contributed by atoms with E-state index >= 15 is 0 Å². The molecule has 0 spiro atoms. The van der Waals surface area contributed by atoms with Crippen molar-refractivity contribution in [3.05, 3.63) is 19.6 Å². The van der Waals surface area contributed by atoms with Crippen LogP contribution in [0.25, 0.3) is 0 Å². The molecule has 1 N–H and O–H groups in total. The summed E-state index contributed by atoms with van der Waals surface area (Å²) in [6.45, 7) is 7.65. The van der Waals surface area contributed by atoms with Crippen LogP contribution in [0.15, 0.2) is 12.7 Å². The second-order valence-corrected chi connectivity index (χ2v) is 1.70. The lowest BCUT2D eigenvalue weighted by Crippen LogP contribution is -2.21. The molecule has 0 aliphatic carbocycles. The predicted molar refractivity (Wildman–Crippen MR) is 37.8 cm³/mol. The molecule has 0 aliphatic heterocycles. The Morgan fingerprint density at radius 1 is 1.67 bits per heavy atom. The van der Waals surface area contributed by atoms with Crippen LogP contribution >= 0.6 is 0 Å². The smallest absolute Gasteiger partial charge is 0.243 e. The molecule has 0 atom stereocenters. The van der Waals surface area contributed by atoms with E-state index in [1.165, 1.54) is 6.08 Å². The molecule has 0 aromatic heterocycles. The molecule has 9 heavy (non-hydrogen) atoms. The Hall–Kier alpha value is -0.790. The molecule has 2 heteroatoms. The topological polar surface area (TPSA) is 29.1 Å². The average molecular weight is 126 g/mol. The molecule has 0 aromatic carbocycles. The van der Waals surface area contributed by atoms with E-state index in [9.17, 15) is 4.79 Å². The van der Waals surface area contributed by atoms with Gasteiger partial charge in [-0.1, -0.05) is 19.9 Å². The lowest BCUT2D eigenvalue weighted by Gasteiger charge is -1.97. The second kappa shape index (κ2) is 5.35. The van der Waals surface area contributed by atoms with Gasteiger partial charge in [0.1, 0.15) is 0 Å². The highest BCUT2D eigenvalue weighted by Crippen LogP contribution is 1.81. The first-order valence-electron chi connectivity index (χ1n) is 3.00. The maximum Gasteiger partial charge on any atom is 0.243 e. The summed E-state index contributed by atoms with van der Waals surface area (Å²) < 4.78 is 0. The molecular weight excluding hydrogens is 114 g/mol. The average Bonchev–Trinajstić information content (AvgIpc) is 1.89. The van der Waals surface area contributed by atoms with Gasteiger partial charge in [-0.25, -0.2) is 0 Å². The van der Waals surface area contributed by atoms with Gasteiger partial charge in [0.05, 0.1) is 0 Å². The highest BCUT2D eigenvalue weighted by Gasteiger charge is 1.88. The van der Waals surface area contributed by atoms with Gasteiger partial charge in [0.15, 0.2) is 0 Å². The van der Waals surface area contributed by atoms with Crippen molar-refractivity contribution in [3.63, 3.8) is 0 Å². The van der Waals surface area contributed by atoms with E-state index in [0.29, 0.717) is 6.54 Å². The zero-order valence-electron chi connectivity index (χ0n) is 5.52. The van der Waals surface area contributed by atoms with Crippen molar-refractivity contribution >= 4 is 5.91 Å². The molecular formula is C7H12NO. The van der Waals surface area contributed by atoms with E-state index in [1.807, 2.05) is 0 Å². The molecule has 0 unspecified atom stereocenters. The third-order valence-corrected chi connectivity index (χ3v) is 0.911. The van der Waals surface area contributed by atoms with Crippen LogP contribution in [0.4, 0.5) is 0 Å². The third-order valence-electron chi connectivity index (χ3n) is 0.911. The summed E-state index contributed by atoms with van der Waals surface area (Å²) >= 11 is 0. The fraction of sp³-hybridized carbons (Fsp3) is 0.429. The Balaban J connectivity index is 3.07. The number of hydrogen-bond acceptors (Lipinski definition) is 1. The Labute approximate surface area is 56.0 Å². The quantitative estimate of drug-likeness (QED) is 0.440. The number of carbonyl (C=O) groups is 1. The van der Waals surface area contributed by atoms with E-state index in [4.69, 9.17) is 0 Å². The SMILES string of the molecule is [CH2]CCCNC(=O)C=C. The molecule has 0 rings (SSSR count). The fourth-order valence-electron chi connectivity index (χ4n) is 0.409. The lowest BCUT2D eigenvalue weighted by atomic mass is 10.3. The van der Waals surface area contributed by atoms with E-state index < -0.39 is 0 Å². The van der Waals surface area contributed by atoms with Crippen LogP contribution in [0.5, 0.6) is 0 Å². The standard InChI is InChI=1S/C7H12NO/c1-3-5-6-8-7(9)4-2/h4H,1-3,5-6H2,(H,8,9). The van der Waals surface area contributed by atoms with Crippen molar-refractivity contribution in [3.8, 4) is 0 Å². The largest absolute Gasteiger partial charge is 0.353 e. The maximum absolute atomic E-state index is 10.4. The summed E-state index contributed by atoms with van der Waals surface area (Å²) in [6.07, 6.45) is 3.06. The van der Waals surface area contributed by atoms with Crippen molar-refractivity contribution in [1.82, 2.24) is 5.32 Å². The Bertz CT molecular complexity index is 99.1. The van der Waals surface area contributed by atoms with Crippen LogP contribution in [0.1, 0.15) is 12.8 Å². The van der Waals surface area contributed by atoms with Crippen LogP contribution in [0, 0.1) is 6.92 Å². The van der Waals surface area contributed by atoms with Gasteiger partial charge in [-0.3, -0.25) is 4.79 Å². The first kappa shape index (κ1) is 8.21. The number of amides is 1. The summed E-state index contributed by atoms with van der Waals surface area (Å²) in [6, 6.07) is 0. The molecule has 2 nitrogen and oxygen atoms in total. The van der Waals surface area contributed by atoms with Gasteiger partial charge in [0, 0.05) is 6.54 Å². The number of nitrogens with one attached hydrogen (secondary N) is 1. The minimum Gasteiger partial charge on any atom is -0.353 e. The first-order valence-corrected chi connectivity index (χ1v) is 3.00. The zero-order chi connectivity index (χ0) is 7.11. The number of unbranched alkanes of at least 4 members (excludes halogenated alkanes) is 1. The van der Waals surface area contributed by atoms with Crippen molar-refractivity contribution in [2.45, 2.75) is 12.8 Å². The maximum atomic E-state index is 10.4. The van der Waals surface area contributed by atoms with Crippen LogP contribution in [-0.2, 0) is 4.79 Å². The van der Waals surface area contributed by atoms with Crippen LogP contribution < -0.4 is 5.32 Å². The molecule has 1 amide bonds. The summed E-state index contributed by atoms with van der Waals surface area (Å²) in [5.41, 5.74) is 0. The summed E-state index contributed by atoms with van der Waals surface area (Å²) in [7, 11) is 0. The van der Waals surface area contributed by atoms with Gasteiger partial charge in [-0.15, -0.1) is 0 Å². The molecule has 1 radical (unpaired) electrons. The second-order valence-electron chi connectivity index (χ2n) is 1.70. The third kappa shape index (κ3) is 5.07. The van der Waals surface area contributed by atoms with Gasteiger partial charge in [0.25, 0.3) is 0 Å². The molecule has 51 valence electrons. The van der Waals surface area contributed by atoms with Gasteiger partial charge < -0.3 is 5.32 Å². The number of hydrogen-bond donors (Lipinski definition) is 1. The van der Waals surface area contributed by atoms with Gasteiger partial charge in [-0.2, -0.15) is 0 Å². The zero-order valence-corrected chi connectivity index (χ0v) is 5.52. The summed E-state index contributed by atoms with van der Waals surface area (Å²) in [5.74, 6) is -0.108. The molecule has 0 aromatic rings. The first-order chi connectivity index (χ1) is 4.31. The van der Waals surface area contributed by atoms with Gasteiger partial charge in [-0.05, 0) is 12.5 Å². The Kier molecular flexibility index (Phi) is 4.88. The molecule has 0 bridgehead atoms. The van der Waals surface area contributed by atoms with Crippen molar-refractivity contribution in [1.29, 1.82) is 0 Å². The number of rotatable bonds is 4. The highest BCUT2D eigenvalue weighted by molar-refractivity contribution is 5.86. The van der Waals surface area contributed by atoms with Crippen LogP contribution in [-0.4, -0.2) is 12.5 Å². The monoisotopic (exact) mass is 126 g/mol. The molecule has 0 saturated heterocycles. The fourth-order valence-corrected chi connectivity index (χ4v) is 0.409. The van der Waals surface area contributed by atoms with E-state index in [0.717, 1.165) is 12.8 Å². The van der Waals surface area contributed by atoms with Crippen molar-refractivity contribution in [2.75, 3.05) is 6.54 Å². The van der Waals surface area contributed by atoms with Gasteiger partial charge >= 0.3 is 0 Å². The molecule has 0 saturated carbocycles. The molecule has 0 fully saturated rings. The predicted octanol–water partition coefficient (Wildman–Crippen LogP) is 0.903. The highest BCUT2D eigenvalue weighted by atomic mass is 16.1. The normalized spacial score (nSPS) is 8.56. The Morgan fingerprint density at radius 2 is 2.33 bits per heavy atom. The van der Waals surface area contributed by atoms with E-state index in [2.05, 4.69) is 18.8 Å². The van der Waals surface area contributed by atoms with E-state index in [-0.39, 0.29) is 5.91 Å².